The van der Waals surface area contributed by atoms with Crippen LogP contribution in [0.2, 0.25) is 0 Å². The summed E-state index contributed by atoms with van der Waals surface area (Å²) in [5.74, 6) is 0.0168. The molecule has 2 N–H and O–H groups in total. The zero-order valence-electron chi connectivity index (χ0n) is 12.2. The molecule has 0 saturated carbocycles. The number of hydrogen-bond donors (Lipinski definition) is 2. The highest BCUT2D eigenvalue weighted by molar-refractivity contribution is 7.85. The summed E-state index contributed by atoms with van der Waals surface area (Å²) >= 11 is 0. The van der Waals surface area contributed by atoms with Gasteiger partial charge in [-0.05, 0) is 23.5 Å². The van der Waals surface area contributed by atoms with Crippen molar-refractivity contribution in [1.82, 2.24) is 5.32 Å². The second-order valence-electron chi connectivity index (χ2n) is 5.04. The lowest BCUT2D eigenvalue weighted by atomic mass is 10.0. The van der Waals surface area contributed by atoms with Gasteiger partial charge in [0.15, 0.2) is 0 Å². The second-order valence-corrected chi connectivity index (χ2v) is 6.61. The quantitative estimate of drug-likeness (QED) is 0.595. The molecule has 0 aliphatic rings. The predicted octanol–water partition coefficient (Wildman–Crippen LogP) is 2.31. The molecule has 0 aromatic heterocycles. The Balaban J connectivity index is 2.31. The summed E-state index contributed by atoms with van der Waals surface area (Å²) in [6.45, 7) is 4.46. The number of hydrogen-bond acceptors (Lipinski definition) is 4. The van der Waals surface area contributed by atoms with E-state index in [1.54, 1.807) is 0 Å². The van der Waals surface area contributed by atoms with Gasteiger partial charge in [-0.15, -0.1) is 0 Å². The third-order valence-corrected chi connectivity index (χ3v) is 3.64. The van der Waals surface area contributed by atoms with Gasteiger partial charge in [0.1, 0.15) is 6.61 Å². The number of ether oxygens (including phenoxy) is 1. The summed E-state index contributed by atoms with van der Waals surface area (Å²) in [6, 6.07) is 7.79. The monoisotopic (exact) mass is 315 g/mol. The number of nitrogens with one attached hydrogen (secondary N) is 1. The minimum atomic E-state index is -3.98. The van der Waals surface area contributed by atoms with E-state index in [4.69, 9.17) is 9.29 Å². The molecule has 1 aromatic carbocycles. The topological polar surface area (TPSA) is 92.7 Å². The van der Waals surface area contributed by atoms with E-state index >= 15 is 0 Å². The zero-order valence-corrected chi connectivity index (χ0v) is 13.0. The highest BCUT2D eigenvalue weighted by Crippen LogP contribution is 2.15. The lowest BCUT2D eigenvalue weighted by Crippen LogP contribution is -2.26. The van der Waals surface area contributed by atoms with Crippen molar-refractivity contribution in [3.05, 3.63) is 35.4 Å². The molecule has 0 bridgehead atoms. The number of rotatable bonds is 7. The average molecular weight is 315 g/mol. The molecule has 0 radical (unpaired) electrons. The summed E-state index contributed by atoms with van der Waals surface area (Å²) in [6.07, 6.45) is -0.475. The van der Waals surface area contributed by atoms with Crippen molar-refractivity contribution in [2.45, 2.75) is 32.8 Å². The van der Waals surface area contributed by atoms with Crippen molar-refractivity contribution in [3.8, 4) is 0 Å². The first kappa shape index (κ1) is 17.5. The smallest absolute Gasteiger partial charge is 0.407 e. The maximum Gasteiger partial charge on any atom is 0.407 e. The Morgan fingerprint density at radius 3 is 2.71 bits per heavy atom. The van der Waals surface area contributed by atoms with Gasteiger partial charge in [0.25, 0.3) is 10.1 Å². The van der Waals surface area contributed by atoms with Gasteiger partial charge < -0.3 is 10.1 Å². The standard InChI is InChI=1S/C14H21NO5S/c1-11(2)13-6-3-5-12(9-13)10-20-14(16)15-7-4-8-21(17,18)19/h3,5-6,9,11H,4,7-8,10H2,1-2H3,(H,15,16)(H,17,18,19). The van der Waals surface area contributed by atoms with E-state index in [9.17, 15) is 13.2 Å². The van der Waals surface area contributed by atoms with Crippen LogP contribution >= 0.6 is 0 Å². The maximum atomic E-state index is 11.4. The molecule has 0 aliphatic heterocycles. The molecule has 118 valence electrons. The number of alkyl carbamates (subject to hydrolysis) is 1. The summed E-state index contributed by atoms with van der Waals surface area (Å²) in [4.78, 5) is 11.4. The summed E-state index contributed by atoms with van der Waals surface area (Å²) in [7, 11) is -3.98. The van der Waals surface area contributed by atoms with Gasteiger partial charge in [-0.25, -0.2) is 4.79 Å². The molecule has 6 nitrogen and oxygen atoms in total. The molecule has 0 fully saturated rings. The average Bonchev–Trinajstić information content (AvgIpc) is 2.40. The lowest BCUT2D eigenvalue weighted by molar-refractivity contribution is 0.139. The van der Waals surface area contributed by atoms with Crippen LogP contribution in [0.3, 0.4) is 0 Å². The highest BCUT2D eigenvalue weighted by atomic mass is 32.2. The van der Waals surface area contributed by atoms with E-state index in [-0.39, 0.29) is 25.3 Å². The Bertz CT molecular complexity index is 568. The van der Waals surface area contributed by atoms with E-state index < -0.39 is 16.2 Å². The predicted molar refractivity (Wildman–Crippen MR) is 79.8 cm³/mol. The Hall–Kier alpha value is -1.60. The minimum Gasteiger partial charge on any atom is -0.445 e. The summed E-state index contributed by atoms with van der Waals surface area (Å²) < 4.78 is 34.5. The molecule has 0 heterocycles. The van der Waals surface area contributed by atoms with Crippen LogP contribution in [-0.4, -0.2) is 31.4 Å². The summed E-state index contributed by atoms with van der Waals surface area (Å²) in [5.41, 5.74) is 2.07. The van der Waals surface area contributed by atoms with Gasteiger partial charge in [0.05, 0.1) is 5.75 Å². The number of carbonyl (C=O) groups excluding carboxylic acids is 1. The Kier molecular flexibility index (Phi) is 6.64. The fourth-order valence-electron chi connectivity index (χ4n) is 1.69. The summed E-state index contributed by atoms with van der Waals surface area (Å²) in [5, 5.41) is 2.43. The third-order valence-electron chi connectivity index (χ3n) is 2.84. The number of carbonyl (C=O) groups is 1. The van der Waals surface area contributed by atoms with Crippen LogP contribution in [0.5, 0.6) is 0 Å². The van der Waals surface area contributed by atoms with Crippen molar-refractivity contribution in [2.24, 2.45) is 0 Å². The van der Waals surface area contributed by atoms with Crippen LogP contribution < -0.4 is 5.32 Å². The fraction of sp³-hybridized carbons (Fsp3) is 0.500. The van der Waals surface area contributed by atoms with Gasteiger partial charge >= 0.3 is 6.09 Å². The van der Waals surface area contributed by atoms with E-state index in [2.05, 4.69) is 19.2 Å². The van der Waals surface area contributed by atoms with Crippen molar-refractivity contribution in [2.75, 3.05) is 12.3 Å². The largest absolute Gasteiger partial charge is 0.445 e. The Morgan fingerprint density at radius 2 is 2.10 bits per heavy atom. The highest BCUT2D eigenvalue weighted by Gasteiger charge is 2.06. The molecule has 0 saturated heterocycles. The van der Waals surface area contributed by atoms with Crippen molar-refractivity contribution >= 4 is 16.2 Å². The molecule has 0 atom stereocenters. The van der Waals surface area contributed by atoms with E-state index in [1.807, 2.05) is 24.3 Å². The molecule has 7 heteroatoms. The second kappa shape index (κ2) is 7.99. The zero-order chi connectivity index (χ0) is 15.9. The molecular formula is C14H21NO5S. The normalized spacial score (nSPS) is 11.4. The molecule has 21 heavy (non-hydrogen) atoms. The van der Waals surface area contributed by atoms with Crippen LogP contribution in [-0.2, 0) is 21.5 Å². The lowest BCUT2D eigenvalue weighted by Gasteiger charge is -2.09. The Labute approximate surface area is 125 Å². The maximum absolute atomic E-state index is 11.4. The molecular weight excluding hydrogens is 294 g/mol. The van der Waals surface area contributed by atoms with Crippen molar-refractivity contribution in [1.29, 1.82) is 0 Å². The molecule has 0 spiro atoms. The van der Waals surface area contributed by atoms with Crippen LogP contribution in [0.25, 0.3) is 0 Å². The van der Waals surface area contributed by atoms with Crippen molar-refractivity contribution < 1.29 is 22.5 Å². The first-order valence-electron chi connectivity index (χ1n) is 6.72. The van der Waals surface area contributed by atoms with Crippen LogP contribution in [0, 0.1) is 0 Å². The first-order chi connectivity index (χ1) is 9.78. The van der Waals surface area contributed by atoms with Crippen LogP contribution in [0.15, 0.2) is 24.3 Å². The van der Waals surface area contributed by atoms with Crippen molar-refractivity contribution in [3.63, 3.8) is 0 Å². The molecule has 0 unspecified atom stereocenters. The SMILES string of the molecule is CC(C)c1cccc(COC(=O)NCCCS(=O)(=O)O)c1. The van der Waals surface area contributed by atoms with Crippen LogP contribution in [0.4, 0.5) is 4.79 Å². The molecule has 1 rings (SSSR count). The number of benzene rings is 1. The first-order valence-corrected chi connectivity index (χ1v) is 8.33. The number of amides is 1. The van der Waals surface area contributed by atoms with E-state index in [0.717, 1.165) is 5.56 Å². The molecule has 1 amide bonds. The minimum absolute atomic E-state index is 0.130. The van der Waals surface area contributed by atoms with Gasteiger partial charge in [0, 0.05) is 6.54 Å². The van der Waals surface area contributed by atoms with Gasteiger partial charge in [-0.1, -0.05) is 38.1 Å². The molecule has 1 aromatic rings. The fourth-order valence-corrected chi connectivity index (χ4v) is 2.20. The van der Waals surface area contributed by atoms with Crippen LogP contribution in [0.1, 0.15) is 37.3 Å². The van der Waals surface area contributed by atoms with Gasteiger partial charge in [0.2, 0.25) is 0 Å². The van der Waals surface area contributed by atoms with Gasteiger partial charge in [-0.3, -0.25) is 4.55 Å². The van der Waals surface area contributed by atoms with E-state index in [0.29, 0.717) is 5.92 Å². The van der Waals surface area contributed by atoms with Gasteiger partial charge in [-0.2, -0.15) is 8.42 Å². The molecule has 0 aliphatic carbocycles. The van der Waals surface area contributed by atoms with E-state index in [1.165, 1.54) is 5.56 Å². The third kappa shape index (κ3) is 7.67. The Morgan fingerprint density at radius 1 is 1.38 bits per heavy atom.